The van der Waals surface area contributed by atoms with Crippen molar-refractivity contribution in [2.75, 3.05) is 5.73 Å². The summed E-state index contributed by atoms with van der Waals surface area (Å²) in [5, 5.41) is 0. The molecule has 0 unspecified atom stereocenters. The molecule has 3 N–H and O–H groups in total. The van der Waals surface area contributed by atoms with E-state index in [9.17, 15) is 30.4 Å². The highest BCUT2D eigenvalue weighted by Gasteiger charge is 2.65. The summed E-state index contributed by atoms with van der Waals surface area (Å²) >= 11 is 0. The number of rotatable bonds is 3. The molecule has 0 spiro atoms. The molecule has 1 aliphatic rings. The van der Waals surface area contributed by atoms with Gasteiger partial charge in [0.25, 0.3) is 0 Å². The van der Waals surface area contributed by atoms with Crippen LogP contribution in [0.4, 0.5) is 27.6 Å². The minimum atomic E-state index is -4.99. The lowest BCUT2D eigenvalue weighted by molar-refractivity contribution is -0.160. The molecular weight excluding hydrogens is 307 g/mol. The highest BCUT2D eigenvalue weighted by Crippen LogP contribution is 2.49. The number of anilines is 1. The summed E-state index contributed by atoms with van der Waals surface area (Å²) in [7, 11) is -4.99. The Morgan fingerprint density at radius 3 is 1.95 bits per heavy atom. The Labute approximate surface area is 110 Å². The number of nitrogens with two attached hydrogens (primary N) is 1. The van der Waals surface area contributed by atoms with Crippen LogP contribution in [0.3, 0.4) is 0 Å². The van der Waals surface area contributed by atoms with Crippen molar-refractivity contribution in [3.05, 3.63) is 23.8 Å². The van der Waals surface area contributed by atoms with Crippen LogP contribution in [-0.2, 0) is 10.0 Å². The van der Waals surface area contributed by atoms with E-state index in [1.54, 1.807) is 0 Å². The number of halogens is 5. The normalized spacial score (nSPS) is 18.1. The molecule has 1 fully saturated rings. The fourth-order valence-electron chi connectivity index (χ4n) is 1.71. The molecule has 0 radical (unpaired) electrons. The Morgan fingerprint density at radius 2 is 1.60 bits per heavy atom. The Morgan fingerprint density at radius 1 is 1.15 bits per heavy atom. The fourth-order valence-corrected chi connectivity index (χ4v) is 3.28. The Balaban J connectivity index is 2.43. The standard InChI is InChI=1S/C10H9F5N2O2S/c11-6-3-5(16)4-7(12)8(6)20(18,19)17-9(1-2-9)10(13,14)15/h3-4,17H,1-2,16H2. The van der Waals surface area contributed by atoms with E-state index in [0.717, 1.165) is 0 Å². The molecule has 4 nitrogen and oxygen atoms in total. The molecule has 0 amide bonds. The van der Waals surface area contributed by atoms with Gasteiger partial charge in [0.1, 0.15) is 17.2 Å². The zero-order valence-electron chi connectivity index (χ0n) is 9.76. The van der Waals surface area contributed by atoms with Crippen molar-refractivity contribution in [2.45, 2.75) is 29.5 Å². The lowest BCUT2D eigenvalue weighted by Gasteiger charge is -2.21. The molecule has 0 aliphatic heterocycles. The largest absolute Gasteiger partial charge is 0.407 e. The average Bonchev–Trinajstić information content (AvgIpc) is 2.93. The van der Waals surface area contributed by atoms with Gasteiger partial charge in [-0.25, -0.2) is 17.2 Å². The summed E-state index contributed by atoms with van der Waals surface area (Å²) < 4.78 is 89.8. The number of hydrogen-bond donors (Lipinski definition) is 2. The average molecular weight is 316 g/mol. The Kier molecular flexibility index (Phi) is 3.21. The van der Waals surface area contributed by atoms with Crippen molar-refractivity contribution in [2.24, 2.45) is 0 Å². The van der Waals surface area contributed by atoms with Crippen molar-refractivity contribution in [1.82, 2.24) is 4.72 Å². The van der Waals surface area contributed by atoms with E-state index in [0.29, 0.717) is 12.1 Å². The van der Waals surface area contributed by atoms with Crippen LogP contribution in [0.5, 0.6) is 0 Å². The summed E-state index contributed by atoms with van der Waals surface area (Å²) in [6.45, 7) is 0. The monoisotopic (exact) mass is 316 g/mol. The van der Waals surface area contributed by atoms with E-state index in [-0.39, 0.29) is 5.69 Å². The summed E-state index contributed by atoms with van der Waals surface area (Å²) in [4.78, 5) is -1.47. The molecule has 0 atom stereocenters. The molecule has 1 aliphatic carbocycles. The van der Waals surface area contributed by atoms with Gasteiger partial charge in [-0.15, -0.1) is 0 Å². The zero-order chi connectivity index (χ0) is 15.3. The fraction of sp³-hybridized carbons (Fsp3) is 0.400. The number of sulfonamides is 1. The predicted molar refractivity (Wildman–Crippen MR) is 59.1 cm³/mol. The van der Waals surface area contributed by atoms with Crippen LogP contribution in [0.2, 0.25) is 0 Å². The van der Waals surface area contributed by atoms with Gasteiger partial charge in [0, 0.05) is 5.69 Å². The van der Waals surface area contributed by atoms with Crippen molar-refractivity contribution >= 4 is 15.7 Å². The topological polar surface area (TPSA) is 72.2 Å². The molecule has 0 saturated heterocycles. The van der Waals surface area contributed by atoms with Gasteiger partial charge in [0.2, 0.25) is 10.0 Å². The maximum Gasteiger partial charge on any atom is 0.407 e. The van der Waals surface area contributed by atoms with E-state index in [4.69, 9.17) is 5.73 Å². The molecule has 1 aromatic carbocycles. The molecule has 20 heavy (non-hydrogen) atoms. The molecular formula is C10H9F5N2O2S. The molecule has 2 rings (SSSR count). The van der Waals surface area contributed by atoms with E-state index in [1.807, 2.05) is 0 Å². The van der Waals surface area contributed by atoms with E-state index >= 15 is 0 Å². The van der Waals surface area contributed by atoms with Gasteiger partial charge < -0.3 is 5.73 Å². The SMILES string of the molecule is Nc1cc(F)c(S(=O)(=O)NC2(C(F)(F)F)CC2)c(F)c1. The first-order valence-electron chi connectivity index (χ1n) is 5.34. The van der Waals surface area contributed by atoms with Gasteiger partial charge in [0.05, 0.1) is 0 Å². The first-order valence-corrected chi connectivity index (χ1v) is 6.82. The van der Waals surface area contributed by atoms with Crippen LogP contribution in [-0.4, -0.2) is 20.1 Å². The maximum absolute atomic E-state index is 13.5. The lowest BCUT2D eigenvalue weighted by atomic mass is 10.3. The van der Waals surface area contributed by atoms with Crippen LogP contribution in [0.25, 0.3) is 0 Å². The quantitative estimate of drug-likeness (QED) is 0.661. The van der Waals surface area contributed by atoms with E-state index in [1.165, 1.54) is 4.72 Å². The third-order valence-electron chi connectivity index (χ3n) is 2.91. The summed E-state index contributed by atoms with van der Waals surface area (Å²) in [5.74, 6) is -3.10. The second kappa shape index (κ2) is 4.29. The Bertz CT molecular complexity index is 629. The minimum absolute atomic E-state index is 0.379. The van der Waals surface area contributed by atoms with Crippen LogP contribution < -0.4 is 10.5 Å². The first-order chi connectivity index (χ1) is 8.98. The van der Waals surface area contributed by atoms with Gasteiger partial charge >= 0.3 is 6.18 Å². The van der Waals surface area contributed by atoms with E-state index in [2.05, 4.69) is 0 Å². The number of hydrogen-bond acceptors (Lipinski definition) is 3. The van der Waals surface area contributed by atoms with Crippen LogP contribution >= 0.6 is 0 Å². The van der Waals surface area contributed by atoms with E-state index < -0.39 is 51.1 Å². The zero-order valence-corrected chi connectivity index (χ0v) is 10.6. The third kappa shape index (κ3) is 2.44. The summed E-state index contributed by atoms with van der Waals surface area (Å²) in [6, 6.07) is 1.04. The number of benzene rings is 1. The third-order valence-corrected chi connectivity index (χ3v) is 4.50. The van der Waals surface area contributed by atoms with Gasteiger partial charge in [0.15, 0.2) is 4.90 Å². The molecule has 1 aromatic rings. The van der Waals surface area contributed by atoms with Gasteiger partial charge in [-0.05, 0) is 25.0 Å². The van der Waals surface area contributed by atoms with Crippen LogP contribution in [0, 0.1) is 11.6 Å². The first kappa shape index (κ1) is 15.0. The number of nitrogen functional groups attached to an aromatic ring is 1. The smallest absolute Gasteiger partial charge is 0.399 e. The highest BCUT2D eigenvalue weighted by atomic mass is 32.2. The number of alkyl halides is 3. The van der Waals surface area contributed by atoms with Gasteiger partial charge in [-0.1, -0.05) is 0 Å². The minimum Gasteiger partial charge on any atom is -0.399 e. The molecule has 10 heteroatoms. The summed E-state index contributed by atoms with van der Waals surface area (Å²) in [5.41, 5.74) is 2.08. The van der Waals surface area contributed by atoms with Crippen molar-refractivity contribution < 1.29 is 30.4 Å². The Hall–Kier alpha value is -1.42. The predicted octanol–water partition coefficient (Wildman–Crippen LogP) is 1.92. The molecule has 0 heterocycles. The highest BCUT2D eigenvalue weighted by molar-refractivity contribution is 7.89. The second-order valence-electron chi connectivity index (χ2n) is 4.50. The second-order valence-corrected chi connectivity index (χ2v) is 6.12. The van der Waals surface area contributed by atoms with Crippen LogP contribution in [0.15, 0.2) is 17.0 Å². The molecule has 0 bridgehead atoms. The maximum atomic E-state index is 13.5. The van der Waals surface area contributed by atoms with Gasteiger partial charge in [-0.3, -0.25) is 0 Å². The van der Waals surface area contributed by atoms with Crippen molar-refractivity contribution in [3.8, 4) is 0 Å². The molecule has 112 valence electrons. The van der Waals surface area contributed by atoms with Crippen molar-refractivity contribution in [1.29, 1.82) is 0 Å². The van der Waals surface area contributed by atoms with Crippen molar-refractivity contribution in [3.63, 3.8) is 0 Å². The van der Waals surface area contributed by atoms with Crippen LogP contribution in [0.1, 0.15) is 12.8 Å². The summed E-state index contributed by atoms with van der Waals surface area (Å²) in [6.07, 6.45) is -5.79. The lowest BCUT2D eigenvalue weighted by Crippen LogP contribution is -2.48. The molecule has 1 saturated carbocycles. The molecule has 0 aromatic heterocycles. The number of nitrogens with one attached hydrogen (secondary N) is 1. The van der Waals surface area contributed by atoms with Gasteiger partial charge in [-0.2, -0.15) is 17.9 Å².